The lowest BCUT2D eigenvalue weighted by Crippen LogP contribution is -2.13. The minimum absolute atomic E-state index is 0.404. The monoisotopic (exact) mass is 136 g/mol. The largest absolute Gasteiger partial charge is 0.171 e. The molecule has 44 valence electrons. The third-order valence-electron chi connectivity index (χ3n) is 1.19. The quantitative estimate of drug-likeness (QED) is 0.355. The Hall–Kier alpha value is 0.507. The fourth-order valence-electron chi connectivity index (χ4n) is 0. The molecule has 7 heavy (non-hydrogen) atoms. The molecule has 0 saturated carbocycles. The zero-order valence-electron chi connectivity index (χ0n) is 5.46. The van der Waals surface area contributed by atoms with Crippen molar-refractivity contribution in [1.29, 1.82) is 0 Å². The van der Waals surface area contributed by atoms with Crippen LogP contribution in [0.25, 0.3) is 0 Å². The number of hydrogen-bond acceptors (Lipinski definition) is 0. The average Bonchev–Trinajstić information content (AvgIpc) is 1.31. The minimum atomic E-state index is -0.887. The van der Waals surface area contributed by atoms with E-state index in [0.717, 1.165) is 0 Å². The van der Waals surface area contributed by atoms with Gasteiger partial charge in [0.2, 0.25) is 0 Å². The predicted molar refractivity (Wildman–Crippen MR) is 38.6 cm³/mol. The van der Waals surface area contributed by atoms with Gasteiger partial charge in [-0.25, -0.2) is 0 Å². The highest BCUT2D eigenvalue weighted by Crippen LogP contribution is 2.28. The topological polar surface area (TPSA) is 0 Å². The molecule has 0 heterocycles. The molecule has 0 rings (SSSR count). The summed E-state index contributed by atoms with van der Waals surface area (Å²) >= 11 is 5.89. The van der Waals surface area contributed by atoms with E-state index in [4.69, 9.17) is 11.1 Å². The molecule has 0 aliphatic heterocycles. The summed E-state index contributed by atoms with van der Waals surface area (Å²) in [6.45, 7) is 8.73. The SMILES string of the molecule is C[SiH](Cl)C(C)(C)C. The van der Waals surface area contributed by atoms with Crippen LogP contribution in [0.1, 0.15) is 20.8 Å². The summed E-state index contributed by atoms with van der Waals surface area (Å²) < 4.78 is 0. The average molecular weight is 137 g/mol. The normalized spacial score (nSPS) is 16.7. The summed E-state index contributed by atoms with van der Waals surface area (Å²) in [5, 5.41) is 0.404. The third-order valence-corrected chi connectivity index (χ3v) is 5.54. The maximum absolute atomic E-state index is 5.89. The van der Waals surface area contributed by atoms with E-state index in [9.17, 15) is 0 Å². The first-order valence-corrected chi connectivity index (χ1v) is 6.06. The maximum atomic E-state index is 5.89. The van der Waals surface area contributed by atoms with Crippen LogP contribution < -0.4 is 0 Å². The molecular formula is C5H13ClSi. The van der Waals surface area contributed by atoms with Gasteiger partial charge in [-0.2, -0.15) is 11.1 Å². The smallest absolute Gasteiger partial charge is 0.143 e. The van der Waals surface area contributed by atoms with Crippen LogP contribution >= 0.6 is 11.1 Å². The molecule has 2 heteroatoms. The van der Waals surface area contributed by atoms with Crippen LogP contribution in [-0.2, 0) is 0 Å². The Balaban J connectivity index is 3.54. The second-order valence-electron chi connectivity index (χ2n) is 2.98. The molecule has 0 nitrogen and oxygen atoms in total. The molecule has 0 N–H and O–H groups in total. The lowest BCUT2D eigenvalue weighted by atomic mass is 10.3. The van der Waals surface area contributed by atoms with Crippen molar-refractivity contribution in [2.75, 3.05) is 0 Å². The number of halogens is 1. The van der Waals surface area contributed by atoms with Gasteiger partial charge in [0.25, 0.3) is 0 Å². The van der Waals surface area contributed by atoms with Crippen molar-refractivity contribution in [3.63, 3.8) is 0 Å². The molecule has 1 atom stereocenters. The second-order valence-corrected chi connectivity index (χ2v) is 7.91. The fourth-order valence-corrected chi connectivity index (χ4v) is 0. The van der Waals surface area contributed by atoms with Crippen LogP contribution in [-0.4, -0.2) is 8.11 Å². The van der Waals surface area contributed by atoms with Crippen LogP contribution in [0.5, 0.6) is 0 Å². The summed E-state index contributed by atoms with van der Waals surface area (Å²) in [5.41, 5.74) is 0. The van der Waals surface area contributed by atoms with Gasteiger partial charge in [0, 0.05) is 0 Å². The standard InChI is InChI=1S/C5H13ClSi/c1-5(2,3)7(4)6/h7H,1-4H3. The van der Waals surface area contributed by atoms with Gasteiger partial charge in [0.05, 0.1) is 0 Å². The number of rotatable bonds is 0. The Morgan fingerprint density at radius 1 is 1.29 bits per heavy atom. The van der Waals surface area contributed by atoms with E-state index in [1.807, 2.05) is 0 Å². The maximum Gasteiger partial charge on any atom is 0.143 e. The van der Waals surface area contributed by atoms with Crippen molar-refractivity contribution in [3.8, 4) is 0 Å². The molecule has 0 aromatic rings. The first-order valence-electron chi connectivity index (χ1n) is 2.58. The van der Waals surface area contributed by atoms with Gasteiger partial charge in [-0.15, -0.1) is 0 Å². The van der Waals surface area contributed by atoms with Gasteiger partial charge >= 0.3 is 0 Å². The highest BCUT2D eigenvalue weighted by Gasteiger charge is 2.18. The molecule has 0 aromatic carbocycles. The van der Waals surface area contributed by atoms with Gasteiger partial charge in [-0.05, 0) is 5.04 Å². The van der Waals surface area contributed by atoms with Crippen LogP contribution in [0.3, 0.4) is 0 Å². The second kappa shape index (κ2) is 2.18. The summed E-state index contributed by atoms with van der Waals surface area (Å²) in [5.74, 6) is 0. The Bertz CT molecular complexity index is 53.6. The lowest BCUT2D eigenvalue weighted by molar-refractivity contribution is 0.751. The van der Waals surface area contributed by atoms with Gasteiger partial charge in [-0.1, -0.05) is 27.3 Å². The third kappa shape index (κ3) is 3.12. The zero-order valence-corrected chi connectivity index (χ0v) is 7.37. The van der Waals surface area contributed by atoms with Crippen LogP contribution in [0.15, 0.2) is 0 Å². The van der Waals surface area contributed by atoms with Crippen molar-refractivity contribution in [2.24, 2.45) is 0 Å². The summed E-state index contributed by atoms with van der Waals surface area (Å²) in [6, 6.07) is 0. The van der Waals surface area contributed by atoms with Crippen LogP contribution in [0, 0.1) is 0 Å². The molecule has 0 spiro atoms. The summed E-state index contributed by atoms with van der Waals surface area (Å²) in [7, 11) is -0.887. The van der Waals surface area contributed by atoms with Crippen LogP contribution in [0.2, 0.25) is 11.6 Å². The fraction of sp³-hybridized carbons (Fsp3) is 1.00. The molecule has 0 amide bonds. The molecule has 0 aromatic heterocycles. The van der Waals surface area contributed by atoms with Crippen molar-refractivity contribution in [3.05, 3.63) is 0 Å². The number of hydrogen-bond donors (Lipinski definition) is 0. The predicted octanol–water partition coefficient (Wildman–Crippen LogP) is 2.38. The van der Waals surface area contributed by atoms with Crippen molar-refractivity contribution in [1.82, 2.24) is 0 Å². The highest BCUT2D eigenvalue weighted by molar-refractivity contribution is 7.07. The minimum Gasteiger partial charge on any atom is -0.171 e. The molecule has 0 saturated heterocycles. The van der Waals surface area contributed by atoms with Crippen molar-refractivity contribution < 1.29 is 0 Å². The Morgan fingerprint density at radius 3 is 1.43 bits per heavy atom. The summed E-state index contributed by atoms with van der Waals surface area (Å²) in [6.07, 6.45) is 0. The van der Waals surface area contributed by atoms with E-state index in [0.29, 0.717) is 5.04 Å². The first-order chi connectivity index (χ1) is 2.94. The Kier molecular flexibility index (Phi) is 2.34. The van der Waals surface area contributed by atoms with Gasteiger partial charge in [0.1, 0.15) is 8.11 Å². The molecule has 0 fully saturated rings. The van der Waals surface area contributed by atoms with E-state index in [1.165, 1.54) is 0 Å². The molecule has 1 unspecified atom stereocenters. The Labute approximate surface area is 52.2 Å². The van der Waals surface area contributed by atoms with E-state index < -0.39 is 8.11 Å². The highest BCUT2D eigenvalue weighted by atomic mass is 35.6. The van der Waals surface area contributed by atoms with Gasteiger partial charge < -0.3 is 0 Å². The van der Waals surface area contributed by atoms with Crippen molar-refractivity contribution in [2.45, 2.75) is 32.4 Å². The molecule has 0 bridgehead atoms. The molecule has 0 aliphatic carbocycles. The Morgan fingerprint density at radius 2 is 1.43 bits per heavy atom. The lowest BCUT2D eigenvalue weighted by Gasteiger charge is -2.18. The van der Waals surface area contributed by atoms with Gasteiger partial charge in [0.15, 0.2) is 0 Å². The van der Waals surface area contributed by atoms with E-state index in [2.05, 4.69) is 27.3 Å². The molecular weight excluding hydrogens is 124 g/mol. The van der Waals surface area contributed by atoms with E-state index in [1.54, 1.807) is 0 Å². The van der Waals surface area contributed by atoms with Crippen LogP contribution in [0.4, 0.5) is 0 Å². The molecule has 0 radical (unpaired) electrons. The zero-order chi connectivity index (χ0) is 6.08. The molecule has 0 aliphatic rings. The van der Waals surface area contributed by atoms with E-state index in [-0.39, 0.29) is 0 Å². The van der Waals surface area contributed by atoms with Gasteiger partial charge in [-0.3, -0.25) is 0 Å². The summed E-state index contributed by atoms with van der Waals surface area (Å²) in [4.78, 5) is 0. The van der Waals surface area contributed by atoms with Crippen molar-refractivity contribution >= 4 is 19.2 Å². The first kappa shape index (κ1) is 7.51. The van der Waals surface area contributed by atoms with E-state index >= 15 is 0 Å².